The molecule has 98 valence electrons. The predicted octanol–water partition coefficient (Wildman–Crippen LogP) is 2.64. The van der Waals surface area contributed by atoms with Crippen LogP contribution in [0.15, 0.2) is 18.2 Å². The van der Waals surface area contributed by atoms with Crippen molar-refractivity contribution in [2.75, 3.05) is 24.6 Å². The van der Waals surface area contributed by atoms with E-state index < -0.39 is 0 Å². The highest BCUT2D eigenvalue weighted by molar-refractivity contribution is 5.99. The summed E-state index contributed by atoms with van der Waals surface area (Å²) in [5.74, 6) is -0.441. The van der Waals surface area contributed by atoms with Crippen LogP contribution in [-0.4, -0.2) is 31.6 Å². The van der Waals surface area contributed by atoms with E-state index in [2.05, 4.69) is 0 Å². The summed E-state index contributed by atoms with van der Waals surface area (Å²) in [6.07, 6.45) is 0.999. The summed E-state index contributed by atoms with van der Waals surface area (Å²) >= 11 is 0. The Labute approximate surface area is 107 Å². The molecule has 1 unspecified atom stereocenters. The maximum absolute atomic E-state index is 14.0. The van der Waals surface area contributed by atoms with Gasteiger partial charge in [0.2, 0.25) is 0 Å². The number of Topliss-reactive ketones (excluding diaryl/α,β-unsaturated/α-hetero) is 1. The van der Waals surface area contributed by atoms with Crippen molar-refractivity contribution >= 4 is 11.5 Å². The van der Waals surface area contributed by atoms with Gasteiger partial charge in [-0.3, -0.25) is 4.79 Å². The minimum absolute atomic E-state index is 0.107. The summed E-state index contributed by atoms with van der Waals surface area (Å²) in [5, 5.41) is 0. The van der Waals surface area contributed by atoms with Crippen molar-refractivity contribution in [2.24, 2.45) is 0 Å². The Bertz CT molecular complexity index is 447. The predicted molar refractivity (Wildman–Crippen MR) is 68.6 cm³/mol. The lowest BCUT2D eigenvalue weighted by Gasteiger charge is -2.35. The number of anilines is 1. The summed E-state index contributed by atoms with van der Waals surface area (Å²) in [7, 11) is 0. The Morgan fingerprint density at radius 3 is 3.00 bits per heavy atom. The maximum Gasteiger partial charge on any atom is 0.161 e. The van der Waals surface area contributed by atoms with Gasteiger partial charge in [0.15, 0.2) is 5.78 Å². The van der Waals surface area contributed by atoms with Gasteiger partial charge in [-0.1, -0.05) is 13.0 Å². The molecule has 0 saturated carbocycles. The van der Waals surface area contributed by atoms with Crippen LogP contribution in [0.1, 0.15) is 30.6 Å². The Morgan fingerprint density at radius 2 is 2.33 bits per heavy atom. The fraction of sp³-hybridized carbons (Fsp3) is 0.500. The molecule has 0 amide bonds. The first-order valence-corrected chi connectivity index (χ1v) is 6.29. The molecule has 1 aliphatic rings. The molecule has 0 aromatic heterocycles. The lowest BCUT2D eigenvalue weighted by molar-refractivity contribution is 0.0381. The molecule has 0 spiro atoms. The zero-order valence-corrected chi connectivity index (χ0v) is 10.8. The molecule has 1 aliphatic heterocycles. The fourth-order valence-electron chi connectivity index (χ4n) is 2.29. The van der Waals surface area contributed by atoms with Crippen molar-refractivity contribution in [1.82, 2.24) is 0 Å². The van der Waals surface area contributed by atoms with Crippen LogP contribution in [0.25, 0.3) is 0 Å². The van der Waals surface area contributed by atoms with Crippen molar-refractivity contribution in [1.29, 1.82) is 0 Å². The summed E-state index contributed by atoms with van der Waals surface area (Å²) < 4.78 is 19.6. The van der Waals surface area contributed by atoms with Crippen LogP contribution in [0.3, 0.4) is 0 Å². The third-order valence-electron chi connectivity index (χ3n) is 3.28. The van der Waals surface area contributed by atoms with Gasteiger partial charge < -0.3 is 9.64 Å². The van der Waals surface area contributed by atoms with E-state index in [1.807, 2.05) is 11.8 Å². The van der Waals surface area contributed by atoms with Gasteiger partial charge in [-0.05, 0) is 25.5 Å². The third-order valence-corrected chi connectivity index (χ3v) is 3.28. The van der Waals surface area contributed by atoms with E-state index in [9.17, 15) is 9.18 Å². The zero-order valence-electron chi connectivity index (χ0n) is 10.8. The minimum atomic E-state index is -0.334. The van der Waals surface area contributed by atoms with Crippen LogP contribution in [0.4, 0.5) is 10.1 Å². The second-order valence-corrected chi connectivity index (χ2v) is 4.54. The molecule has 2 rings (SSSR count). The highest BCUT2D eigenvalue weighted by atomic mass is 19.1. The third kappa shape index (κ3) is 2.53. The van der Waals surface area contributed by atoms with Crippen LogP contribution >= 0.6 is 0 Å². The first-order valence-electron chi connectivity index (χ1n) is 6.29. The molecule has 1 heterocycles. The molecule has 3 nitrogen and oxygen atoms in total. The van der Waals surface area contributed by atoms with Crippen molar-refractivity contribution < 1.29 is 13.9 Å². The topological polar surface area (TPSA) is 29.5 Å². The summed E-state index contributed by atoms with van der Waals surface area (Å²) in [4.78, 5) is 13.5. The number of hydrogen-bond donors (Lipinski definition) is 0. The largest absolute Gasteiger partial charge is 0.375 e. The molecule has 0 aliphatic carbocycles. The number of nitrogens with zero attached hydrogens (tertiary/aromatic N) is 1. The number of benzene rings is 1. The van der Waals surface area contributed by atoms with Crippen LogP contribution in [0.2, 0.25) is 0 Å². The first-order chi connectivity index (χ1) is 8.63. The number of hydrogen-bond acceptors (Lipinski definition) is 3. The summed E-state index contributed by atoms with van der Waals surface area (Å²) in [5.41, 5.74) is 0.874. The molecule has 1 atom stereocenters. The molecule has 1 aromatic carbocycles. The van der Waals surface area contributed by atoms with Crippen molar-refractivity contribution in [3.63, 3.8) is 0 Å². The first kappa shape index (κ1) is 13.0. The van der Waals surface area contributed by atoms with Crippen molar-refractivity contribution in [3.05, 3.63) is 29.6 Å². The highest BCUT2D eigenvalue weighted by Crippen LogP contribution is 2.27. The molecule has 4 heteroatoms. The van der Waals surface area contributed by atoms with Crippen LogP contribution < -0.4 is 4.90 Å². The number of morpholine rings is 1. The zero-order chi connectivity index (χ0) is 13.1. The number of ether oxygens (including phenoxy) is 1. The van der Waals surface area contributed by atoms with E-state index in [1.165, 1.54) is 13.0 Å². The molecular formula is C14H18FNO2. The van der Waals surface area contributed by atoms with Crippen LogP contribution in [0.5, 0.6) is 0 Å². The van der Waals surface area contributed by atoms with Gasteiger partial charge in [0.1, 0.15) is 5.82 Å². The molecule has 0 radical (unpaired) electrons. The normalized spacial score (nSPS) is 19.9. The number of ketones is 1. The van der Waals surface area contributed by atoms with Gasteiger partial charge in [-0.2, -0.15) is 0 Å². The van der Waals surface area contributed by atoms with Gasteiger partial charge in [-0.25, -0.2) is 4.39 Å². The lowest BCUT2D eigenvalue weighted by Crippen LogP contribution is -2.43. The Hall–Kier alpha value is -1.42. The quantitative estimate of drug-likeness (QED) is 0.773. The number of carbonyl (C=O) groups excluding carboxylic acids is 1. The molecule has 1 fully saturated rings. The number of halogens is 1. The highest BCUT2D eigenvalue weighted by Gasteiger charge is 2.24. The Morgan fingerprint density at radius 1 is 1.56 bits per heavy atom. The molecule has 1 saturated heterocycles. The summed E-state index contributed by atoms with van der Waals surface area (Å²) in [6, 6.07) is 4.66. The lowest BCUT2D eigenvalue weighted by atomic mass is 10.1. The maximum atomic E-state index is 14.0. The average Bonchev–Trinajstić information content (AvgIpc) is 2.38. The van der Waals surface area contributed by atoms with E-state index in [0.717, 1.165) is 6.42 Å². The molecular weight excluding hydrogens is 233 g/mol. The Balaban J connectivity index is 2.34. The molecule has 18 heavy (non-hydrogen) atoms. The smallest absolute Gasteiger partial charge is 0.161 e. The minimum Gasteiger partial charge on any atom is -0.375 e. The van der Waals surface area contributed by atoms with E-state index in [0.29, 0.717) is 30.9 Å². The second kappa shape index (κ2) is 5.48. The van der Waals surface area contributed by atoms with Gasteiger partial charge in [0, 0.05) is 18.7 Å². The standard InChI is InChI=1S/C14H18FNO2/c1-3-11-9-16(7-8-18-11)14-12(10(2)17)5-4-6-13(14)15/h4-6,11H,3,7-9H2,1-2H3. The number of carbonyl (C=O) groups is 1. The number of rotatable bonds is 3. The molecule has 0 bridgehead atoms. The van der Waals surface area contributed by atoms with E-state index in [-0.39, 0.29) is 17.7 Å². The molecule has 1 aromatic rings. The molecule has 0 N–H and O–H groups in total. The fourth-order valence-corrected chi connectivity index (χ4v) is 2.29. The SMILES string of the molecule is CCC1CN(c2c(F)cccc2C(C)=O)CCO1. The average molecular weight is 251 g/mol. The van der Waals surface area contributed by atoms with Gasteiger partial charge >= 0.3 is 0 Å². The number of para-hydroxylation sites is 1. The Kier molecular flexibility index (Phi) is 3.97. The van der Waals surface area contributed by atoms with Crippen LogP contribution in [-0.2, 0) is 4.74 Å². The van der Waals surface area contributed by atoms with Gasteiger partial charge in [0.05, 0.1) is 18.4 Å². The summed E-state index contributed by atoms with van der Waals surface area (Å²) in [6.45, 7) is 5.34. The van der Waals surface area contributed by atoms with Crippen molar-refractivity contribution in [3.8, 4) is 0 Å². The van der Waals surface area contributed by atoms with Crippen LogP contribution in [0, 0.1) is 5.82 Å². The van der Waals surface area contributed by atoms with E-state index >= 15 is 0 Å². The second-order valence-electron chi connectivity index (χ2n) is 4.54. The van der Waals surface area contributed by atoms with Crippen molar-refractivity contribution in [2.45, 2.75) is 26.4 Å². The van der Waals surface area contributed by atoms with E-state index in [4.69, 9.17) is 4.74 Å². The monoisotopic (exact) mass is 251 g/mol. The van der Waals surface area contributed by atoms with E-state index in [1.54, 1.807) is 12.1 Å². The van der Waals surface area contributed by atoms with Gasteiger partial charge in [0.25, 0.3) is 0 Å². The van der Waals surface area contributed by atoms with Gasteiger partial charge in [-0.15, -0.1) is 0 Å².